The van der Waals surface area contributed by atoms with Crippen LogP contribution in [0.1, 0.15) is 36.6 Å². The van der Waals surface area contributed by atoms with Crippen molar-refractivity contribution in [3.05, 3.63) is 124 Å². The standard InChI is InChI=1S/C29H17NO6/c31-25-15-19(26-21-6-2-1-5-17(21)11-14-24(26)36-25)16-35-29(34)18-9-12-20(13-10-18)30-27(32)22-7-3-4-8-23(22)28(30)33/h1-15H,16H2. The lowest BCUT2D eigenvalue weighted by Crippen LogP contribution is -2.29. The molecule has 0 atom stereocenters. The number of nitrogens with zero attached hydrogens (tertiary/aromatic N) is 1. The predicted octanol–water partition coefficient (Wildman–Crippen LogP) is 5.10. The van der Waals surface area contributed by atoms with Crippen molar-refractivity contribution in [3.8, 4) is 0 Å². The van der Waals surface area contributed by atoms with Crippen LogP contribution in [-0.4, -0.2) is 17.8 Å². The van der Waals surface area contributed by atoms with Crippen molar-refractivity contribution in [3.63, 3.8) is 0 Å². The minimum atomic E-state index is -0.606. The zero-order valence-corrected chi connectivity index (χ0v) is 18.8. The highest BCUT2D eigenvalue weighted by Crippen LogP contribution is 2.30. The van der Waals surface area contributed by atoms with Crippen molar-refractivity contribution < 1.29 is 23.5 Å². The molecule has 0 aliphatic carbocycles. The highest BCUT2D eigenvalue weighted by Gasteiger charge is 2.36. The topological polar surface area (TPSA) is 93.9 Å². The first-order valence-corrected chi connectivity index (χ1v) is 11.2. The first-order chi connectivity index (χ1) is 17.5. The Kier molecular flexibility index (Phi) is 4.97. The molecule has 0 radical (unpaired) electrons. The summed E-state index contributed by atoms with van der Waals surface area (Å²) in [5, 5.41) is 2.56. The van der Waals surface area contributed by atoms with Gasteiger partial charge in [0.15, 0.2) is 0 Å². The van der Waals surface area contributed by atoms with Crippen molar-refractivity contribution in [2.45, 2.75) is 6.61 Å². The lowest BCUT2D eigenvalue weighted by Gasteiger charge is -2.14. The average molecular weight is 475 g/mol. The molecule has 0 bridgehead atoms. The number of benzene rings is 4. The first-order valence-electron chi connectivity index (χ1n) is 11.2. The maximum absolute atomic E-state index is 12.8. The Labute approximate surface area is 204 Å². The molecule has 0 N–H and O–H groups in total. The fourth-order valence-corrected chi connectivity index (χ4v) is 4.53. The molecule has 7 nitrogen and oxygen atoms in total. The minimum Gasteiger partial charge on any atom is -0.457 e. The molecule has 2 amide bonds. The van der Waals surface area contributed by atoms with Crippen LogP contribution >= 0.6 is 0 Å². The molecule has 36 heavy (non-hydrogen) atoms. The third-order valence-electron chi connectivity index (χ3n) is 6.23. The van der Waals surface area contributed by atoms with Crippen LogP contribution in [0, 0.1) is 0 Å². The lowest BCUT2D eigenvalue weighted by molar-refractivity contribution is 0.0473. The van der Waals surface area contributed by atoms with Crippen LogP contribution in [-0.2, 0) is 11.3 Å². The second kappa shape index (κ2) is 8.32. The largest absolute Gasteiger partial charge is 0.457 e. The van der Waals surface area contributed by atoms with E-state index in [2.05, 4.69) is 0 Å². The van der Waals surface area contributed by atoms with Gasteiger partial charge in [0, 0.05) is 17.0 Å². The predicted molar refractivity (Wildman–Crippen MR) is 133 cm³/mol. The third-order valence-corrected chi connectivity index (χ3v) is 6.23. The Morgan fingerprint density at radius 3 is 2.17 bits per heavy atom. The SMILES string of the molecule is O=C(OCc1cc(=O)oc2ccc3ccccc3c12)c1ccc(N2C(=O)c3ccccc3C2=O)cc1. The van der Waals surface area contributed by atoms with E-state index in [9.17, 15) is 19.2 Å². The molecule has 4 aromatic carbocycles. The quantitative estimate of drug-likeness (QED) is 0.155. The van der Waals surface area contributed by atoms with E-state index in [4.69, 9.17) is 9.15 Å². The number of esters is 1. The van der Waals surface area contributed by atoms with Crippen LogP contribution in [0.25, 0.3) is 21.7 Å². The third kappa shape index (κ3) is 3.45. The van der Waals surface area contributed by atoms with E-state index < -0.39 is 23.4 Å². The summed E-state index contributed by atoms with van der Waals surface area (Å²) in [4.78, 5) is 51.3. The van der Waals surface area contributed by atoms with Gasteiger partial charge in [0.05, 0.1) is 22.4 Å². The summed E-state index contributed by atoms with van der Waals surface area (Å²) in [5.74, 6) is -1.42. The summed E-state index contributed by atoms with van der Waals surface area (Å²) in [5.41, 5.74) is 1.71. The summed E-state index contributed by atoms with van der Waals surface area (Å²) < 4.78 is 10.9. The normalized spacial score (nSPS) is 12.8. The van der Waals surface area contributed by atoms with E-state index in [0.717, 1.165) is 15.7 Å². The van der Waals surface area contributed by atoms with Crippen LogP contribution < -0.4 is 10.5 Å². The molecule has 6 rings (SSSR count). The van der Waals surface area contributed by atoms with Crippen LogP contribution in [0.4, 0.5) is 5.69 Å². The molecule has 7 heteroatoms. The van der Waals surface area contributed by atoms with Crippen molar-refractivity contribution in [2.75, 3.05) is 4.90 Å². The van der Waals surface area contributed by atoms with Crippen LogP contribution in [0.2, 0.25) is 0 Å². The molecule has 1 aliphatic rings. The van der Waals surface area contributed by atoms with Crippen molar-refractivity contribution in [1.29, 1.82) is 0 Å². The van der Waals surface area contributed by atoms with E-state index in [1.165, 1.54) is 30.3 Å². The van der Waals surface area contributed by atoms with Gasteiger partial charge in [0.2, 0.25) is 0 Å². The highest BCUT2D eigenvalue weighted by atomic mass is 16.5. The summed E-state index contributed by atoms with van der Waals surface area (Å²) in [6.07, 6.45) is 0. The fourth-order valence-electron chi connectivity index (χ4n) is 4.53. The molecule has 0 saturated heterocycles. The molecular formula is C29H17NO6. The Hall–Kier alpha value is -5.04. The number of imide groups is 1. The number of hydrogen-bond donors (Lipinski definition) is 0. The second-order valence-electron chi connectivity index (χ2n) is 8.36. The average Bonchev–Trinajstić information content (AvgIpc) is 3.16. The number of carbonyl (C=O) groups excluding carboxylic acids is 3. The monoisotopic (exact) mass is 475 g/mol. The molecule has 1 aromatic heterocycles. The maximum atomic E-state index is 12.8. The molecule has 0 fully saturated rings. The molecular weight excluding hydrogens is 458 g/mol. The molecule has 0 saturated carbocycles. The zero-order valence-electron chi connectivity index (χ0n) is 18.8. The fraction of sp³-hybridized carbons (Fsp3) is 0.0345. The van der Waals surface area contributed by atoms with Gasteiger partial charge in [-0.1, -0.05) is 42.5 Å². The van der Waals surface area contributed by atoms with Gasteiger partial charge in [-0.3, -0.25) is 9.59 Å². The number of fused-ring (bicyclic) bond motifs is 4. The Bertz CT molecular complexity index is 1730. The molecule has 2 heterocycles. The number of rotatable bonds is 4. The summed E-state index contributed by atoms with van der Waals surface area (Å²) >= 11 is 0. The maximum Gasteiger partial charge on any atom is 0.338 e. The molecule has 0 spiro atoms. The van der Waals surface area contributed by atoms with Crippen molar-refractivity contribution in [2.24, 2.45) is 0 Å². The van der Waals surface area contributed by atoms with Gasteiger partial charge in [0.25, 0.3) is 11.8 Å². The van der Waals surface area contributed by atoms with Crippen LogP contribution in [0.15, 0.2) is 100 Å². The van der Waals surface area contributed by atoms with Gasteiger partial charge >= 0.3 is 11.6 Å². The number of ether oxygens (including phenoxy) is 1. The van der Waals surface area contributed by atoms with Gasteiger partial charge in [0.1, 0.15) is 12.2 Å². The molecule has 1 aliphatic heterocycles. The minimum absolute atomic E-state index is 0.130. The van der Waals surface area contributed by atoms with Crippen LogP contribution in [0.3, 0.4) is 0 Å². The zero-order chi connectivity index (χ0) is 24.8. The summed E-state index contributed by atoms with van der Waals surface area (Å²) in [6.45, 7) is -0.130. The van der Waals surface area contributed by atoms with Gasteiger partial charge < -0.3 is 9.15 Å². The first kappa shape index (κ1) is 21.5. The molecule has 174 valence electrons. The number of hydrogen-bond acceptors (Lipinski definition) is 6. The highest BCUT2D eigenvalue weighted by molar-refractivity contribution is 6.34. The number of anilines is 1. The van der Waals surface area contributed by atoms with E-state index in [1.54, 1.807) is 30.3 Å². The second-order valence-corrected chi connectivity index (χ2v) is 8.36. The van der Waals surface area contributed by atoms with Gasteiger partial charge in [-0.25, -0.2) is 14.5 Å². The molecule has 0 unspecified atom stereocenters. The number of amides is 2. The number of carbonyl (C=O) groups is 3. The van der Waals surface area contributed by atoms with Crippen LogP contribution in [0.5, 0.6) is 0 Å². The smallest absolute Gasteiger partial charge is 0.338 e. The Morgan fingerprint density at radius 1 is 0.778 bits per heavy atom. The van der Waals surface area contributed by atoms with E-state index in [1.807, 2.05) is 30.3 Å². The summed E-state index contributed by atoms with van der Waals surface area (Å²) in [6, 6.07) is 25.3. The Morgan fingerprint density at radius 2 is 1.44 bits per heavy atom. The van der Waals surface area contributed by atoms with E-state index in [0.29, 0.717) is 33.3 Å². The van der Waals surface area contributed by atoms with Gasteiger partial charge in [-0.2, -0.15) is 0 Å². The lowest BCUT2D eigenvalue weighted by atomic mass is 10.0. The van der Waals surface area contributed by atoms with E-state index in [-0.39, 0.29) is 12.2 Å². The molecule has 5 aromatic rings. The van der Waals surface area contributed by atoms with Crippen molar-refractivity contribution in [1.82, 2.24) is 0 Å². The Balaban J connectivity index is 1.25. The van der Waals surface area contributed by atoms with Crippen molar-refractivity contribution >= 4 is 45.2 Å². The van der Waals surface area contributed by atoms with Gasteiger partial charge in [-0.05, 0) is 53.2 Å². The van der Waals surface area contributed by atoms with Gasteiger partial charge in [-0.15, -0.1) is 0 Å². The summed E-state index contributed by atoms with van der Waals surface area (Å²) in [7, 11) is 0. The van der Waals surface area contributed by atoms with E-state index >= 15 is 0 Å².